The Morgan fingerprint density at radius 3 is 2.00 bits per heavy atom. The van der Waals surface area contributed by atoms with Crippen LogP contribution in [0.1, 0.15) is 47.5 Å². The van der Waals surface area contributed by atoms with Gasteiger partial charge in [0.2, 0.25) is 0 Å². The number of alkyl halides is 3. The van der Waals surface area contributed by atoms with Gasteiger partial charge in [0.05, 0.1) is 0 Å². The van der Waals surface area contributed by atoms with Crippen LogP contribution in [0.25, 0.3) is 0 Å². The molecule has 0 aromatic rings. The van der Waals surface area contributed by atoms with Crippen LogP contribution >= 0.6 is 0 Å². The Balaban J connectivity index is 2.88. The number of hydrogen-bond acceptors (Lipinski definition) is 1. The number of piperidine rings is 1. The Morgan fingerprint density at radius 2 is 1.65 bits per heavy atom. The first kappa shape index (κ1) is 14.8. The first-order valence-corrected chi connectivity index (χ1v) is 6.37. The number of hydrogen-bond donors (Lipinski definition) is 0. The van der Waals surface area contributed by atoms with Crippen LogP contribution in [0, 0.1) is 11.8 Å². The SMILES string of the molecule is CC(C)C1CCN(C(C)(C)C)C(C(F)(F)F)C1. The molecule has 0 aliphatic carbocycles. The third kappa shape index (κ3) is 3.60. The van der Waals surface area contributed by atoms with Crippen molar-refractivity contribution in [2.45, 2.75) is 65.2 Å². The molecule has 1 aliphatic heterocycles. The highest BCUT2D eigenvalue weighted by Crippen LogP contribution is 2.39. The van der Waals surface area contributed by atoms with Crippen molar-refractivity contribution in [1.82, 2.24) is 4.90 Å². The number of rotatable bonds is 1. The van der Waals surface area contributed by atoms with Crippen LogP contribution in [0.4, 0.5) is 13.2 Å². The zero-order valence-corrected chi connectivity index (χ0v) is 11.4. The Bertz CT molecular complexity index is 252. The molecular formula is C13H24F3N. The quantitative estimate of drug-likeness (QED) is 0.678. The van der Waals surface area contributed by atoms with E-state index in [-0.39, 0.29) is 12.3 Å². The average molecular weight is 251 g/mol. The molecule has 2 atom stereocenters. The summed E-state index contributed by atoms with van der Waals surface area (Å²) >= 11 is 0. The van der Waals surface area contributed by atoms with Gasteiger partial charge < -0.3 is 0 Å². The Morgan fingerprint density at radius 1 is 1.12 bits per heavy atom. The van der Waals surface area contributed by atoms with E-state index in [2.05, 4.69) is 0 Å². The van der Waals surface area contributed by atoms with Gasteiger partial charge >= 0.3 is 6.18 Å². The smallest absolute Gasteiger partial charge is 0.287 e. The normalized spacial score (nSPS) is 28.8. The molecule has 102 valence electrons. The molecule has 0 aromatic carbocycles. The van der Waals surface area contributed by atoms with Gasteiger partial charge in [-0.1, -0.05) is 13.8 Å². The summed E-state index contributed by atoms with van der Waals surface area (Å²) in [5.41, 5.74) is -0.415. The van der Waals surface area contributed by atoms with Crippen LogP contribution in [-0.4, -0.2) is 29.2 Å². The second-order valence-corrected chi connectivity index (χ2v) is 6.45. The maximum absolute atomic E-state index is 13.1. The van der Waals surface area contributed by atoms with Crippen LogP contribution < -0.4 is 0 Å². The zero-order chi connectivity index (χ0) is 13.4. The molecule has 0 amide bonds. The van der Waals surface area contributed by atoms with Crippen molar-refractivity contribution in [3.05, 3.63) is 0 Å². The molecule has 1 nitrogen and oxygen atoms in total. The summed E-state index contributed by atoms with van der Waals surface area (Å²) in [7, 11) is 0. The molecule has 0 bridgehead atoms. The molecule has 4 heteroatoms. The van der Waals surface area contributed by atoms with Crippen LogP contribution in [-0.2, 0) is 0 Å². The summed E-state index contributed by atoms with van der Waals surface area (Å²) in [6.45, 7) is 10.2. The summed E-state index contributed by atoms with van der Waals surface area (Å²) in [6, 6.07) is -1.27. The van der Waals surface area contributed by atoms with Gasteiger partial charge in [0.25, 0.3) is 0 Å². The first-order valence-electron chi connectivity index (χ1n) is 6.37. The van der Waals surface area contributed by atoms with E-state index >= 15 is 0 Å². The fraction of sp³-hybridized carbons (Fsp3) is 1.00. The Kier molecular flexibility index (Phi) is 4.17. The largest absolute Gasteiger partial charge is 0.404 e. The summed E-state index contributed by atoms with van der Waals surface area (Å²) in [5.74, 6) is 0.530. The monoisotopic (exact) mass is 251 g/mol. The van der Waals surface area contributed by atoms with Crippen molar-refractivity contribution in [3.8, 4) is 0 Å². The van der Waals surface area contributed by atoms with E-state index in [1.807, 2.05) is 34.6 Å². The van der Waals surface area contributed by atoms with Crippen LogP contribution in [0.3, 0.4) is 0 Å². The predicted octanol–water partition coefficient (Wildman–Crippen LogP) is 4.08. The van der Waals surface area contributed by atoms with Crippen LogP contribution in [0.15, 0.2) is 0 Å². The van der Waals surface area contributed by atoms with Gasteiger partial charge in [0, 0.05) is 5.54 Å². The van der Waals surface area contributed by atoms with Gasteiger partial charge in [-0.2, -0.15) is 13.2 Å². The van der Waals surface area contributed by atoms with Crippen molar-refractivity contribution < 1.29 is 13.2 Å². The van der Waals surface area contributed by atoms with Crippen molar-refractivity contribution in [3.63, 3.8) is 0 Å². The summed E-state index contributed by atoms with van der Waals surface area (Å²) in [6.07, 6.45) is -2.99. The molecule has 0 radical (unpaired) electrons. The average Bonchev–Trinajstić information content (AvgIpc) is 2.14. The fourth-order valence-electron chi connectivity index (χ4n) is 2.71. The lowest BCUT2D eigenvalue weighted by atomic mass is 9.81. The molecule has 0 saturated carbocycles. The third-order valence-electron chi connectivity index (χ3n) is 3.83. The lowest BCUT2D eigenvalue weighted by Gasteiger charge is -2.48. The molecular weight excluding hydrogens is 227 g/mol. The van der Waals surface area contributed by atoms with E-state index < -0.39 is 17.8 Å². The van der Waals surface area contributed by atoms with E-state index in [1.54, 1.807) is 4.90 Å². The number of likely N-dealkylation sites (tertiary alicyclic amines) is 1. The van der Waals surface area contributed by atoms with E-state index in [0.29, 0.717) is 12.5 Å². The van der Waals surface area contributed by atoms with Gasteiger partial charge in [-0.25, -0.2) is 0 Å². The van der Waals surface area contributed by atoms with Crippen molar-refractivity contribution >= 4 is 0 Å². The van der Waals surface area contributed by atoms with E-state index in [9.17, 15) is 13.2 Å². The van der Waals surface area contributed by atoms with Gasteiger partial charge in [-0.3, -0.25) is 4.90 Å². The fourth-order valence-corrected chi connectivity index (χ4v) is 2.71. The molecule has 17 heavy (non-hydrogen) atoms. The molecule has 0 N–H and O–H groups in total. The standard InChI is InChI=1S/C13H24F3N/c1-9(2)10-6-7-17(12(3,4)5)11(8-10)13(14,15)16/h9-11H,6-8H2,1-5H3. The minimum absolute atomic E-state index is 0.195. The van der Waals surface area contributed by atoms with Crippen molar-refractivity contribution in [1.29, 1.82) is 0 Å². The van der Waals surface area contributed by atoms with Crippen LogP contribution in [0.2, 0.25) is 0 Å². The van der Waals surface area contributed by atoms with Gasteiger partial charge in [-0.15, -0.1) is 0 Å². The minimum Gasteiger partial charge on any atom is -0.287 e. The molecule has 1 aliphatic rings. The molecule has 0 spiro atoms. The molecule has 1 saturated heterocycles. The second kappa shape index (κ2) is 4.79. The predicted molar refractivity (Wildman–Crippen MR) is 63.9 cm³/mol. The van der Waals surface area contributed by atoms with Gasteiger partial charge in [-0.05, 0) is 52.0 Å². The molecule has 0 aromatic heterocycles. The molecule has 1 fully saturated rings. The molecule has 1 heterocycles. The maximum atomic E-state index is 13.1. The highest BCUT2D eigenvalue weighted by Gasteiger charge is 2.49. The van der Waals surface area contributed by atoms with Gasteiger partial charge in [0.1, 0.15) is 6.04 Å². The Labute approximate surface area is 102 Å². The summed E-state index contributed by atoms with van der Waals surface area (Å²) < 4.78 is 39.4. The highest BCUT2D eigenvalue weighted by molar-refractivity contribution is 4.93. The number of nitrogens with zero attached hydrogens (tertiary/aromatic N) is 1. The molecule has 1 rings (SSSR count). The van der Waals surface area contributed by atoms with E-state index in [4.69, 9.17) is 0 Å². The lowest BCUT2D eigenvalue weighted by molar-refractivity contribution is -0.210. The van der Waals surface area contributed by atoms with E-state index in [1.165, 1.54) is 0 Å². The second-order valence-electron chi connectivity index (χ2n) is 6.45. The number of halogens is 3. The first-order chi connectivity index (χ1) is 7.53. The summed E-state index contributed by atoms with van der Waals surface area (Å²) in [5, 5.41) is 0. The highest BCUT2D eigenvalue weighted by atomic mass is 19.4. The minimum atomic E-state index is -4.11. The van der Waals surface area contributed by atoms with Crippen molar-refractivity contribution in [2.24, 2.45) is 11.8 Å². The maximum Gasteiger partial charge on any atom is 0.404 e. The van der Waals surface area contributed by atoms with Crippen molar-refractivity contribution in [2.75, 3.05) is 6.54 Å². The van der Waals surface area contributed by atoms with Crippen LogP contribution in [0.5, 0.6) is 0 Å². The lowest BCUT2D eigenvalue weighted by Crippen LogP contribution is -2.58. The zero-order valence-electron chi connectivity index (χ0n) is 11.4. The summed E-state index contributed by atoms with van der Waals surface area (Å²) in [4.78, 5) is 1.62. The van der Waals surface area contributed by atoms with E-state index in [0.717, 1.165) is 6.42 Å². The topological polar surface area (TPSA) is 3.24 Å². The Hall–Kier alpha value is -0.250. The van der Waals surface area contributed by atoms with Gasteiger partial charge in [0.15, 0.2) is 0 Å². The third-order valence-corrected chi connectivity index (χ3v) is 3.83. The molecule has 2 unspecified atom stereocenters.